The minimum Gasteiger partial charge on any atom is -0.481 e. The van der Waals surface area contributed by atoms with Crippen molar-refractivity contribution in [3.05, 3.63) is 40.2 Å². The number of carboxylic acids is 1. The maximum Gasteiger partial charge on any atom is 0.336 e. The molecule has 7 heteroatoms. The number of carboxylic acid groups (broad SMARTS) is 1. The summed E-state index contributed by atoms with van der Waals surface area (Å²) in [5.74, 6) is -1.34. The van der Waals surface area contributed by atoms with Gasteiger partial charge < -0.3 is 19.6 Å². The van der Waals surface area contributed by atoms with E-state index in [9.17, 15) is 14.4 Å². The number of aliphatic carboxylic acids is 1. The average molecular weight is 319 g/mol. The van der Waals surface area contributed by atoms with Gasteiger partial charge in [-0.3, -0.25) is 9.59 Å². The summed E-state index contributed by atoms with van der Waals surface area (Å²) in [7, 11) is 0. The van der Waals surface area contributed by atoms with Gasteiger partial charge in [0.05, 0.1) is 0 Å². The van der Waals surface area contributed by atoms with Crippen LogP contribution in [0.4, 0.5) is 0 Å². The second-order valence-corrected chi connectivity index (χ2v) is 5.24. The second kappa shape index (κ2) is 6.51. The predicted octanol–water partition coefficient (Wildman–Crippen LogP) is 1.46. The van der Waals surface area contributed by atoms with Crippen LogP contribution in [0, 0.1) is 6.92 Å². The van der Waals surface area contributed by atoms with E-state index in [2.05, 4.69) is 5.32 Å². The number of benzene rings is 1. The third-order valence-electron chi connectivity index (χ3n) is 3.33. The fourth-order valence-electron chi connectivity index (χ4n) is 2.03. The number of carbonyl (C=O) groups excluding carboxylic acids is 1. The molecule has 122 valence electrons. The Morgan fingerprint density at radius 2 is 1.96 bits per heavy atom. The number of aryl methyl sites for hydroxylation is 1. The average Bonchev–Trinajstić information content (AvgIpc) is 2.46. The summed E-state index contributed by atoms with van der Waals surface area (Å²) in [5, 5.41) is 11.9. The van der Waals surface area contributed by atoms with Crippen molar-refractivity contribution in [2.75, 3.05) is 0 Å². The van der Waals surface area contributed by atoms with Gasteiger partial charge in [-0.2, -0.15) is 0 Å². The molecule has 2 rings (SSSR count). The Bertz CT molecular complexity index is 810. The Morgan fingerprint density at radius 3 is 2.61 bits per heavy atom. The summed E-state index contributed by atoms with van der Waals surface area (Å²) in [6.45, 7) is 4.66. The number of rotatable bonds is 5. The zero-order valence-corrected chi connectivity index (χ0v) is 13.0. The van der Waals surface area contributed by atoms with E-state index in [0.29, 0.717) is 11.3 Å². The highest BCUT2D eigenvalue weighted by atomic mass is 16.5. The van der Waals surface area contributed by atoms with Crippen molar-refractivity contribution >= 4 is 22.8 Å². The number of hydrogen-bond donors (Lipinski definition) is 2. The van der Waals surface area contributed by atoms with Crippen molar-refractivity contribution in [3.63, 3.8) is 0 Å². The van der Waals surface area contributed by atoms with Gasteiger partial charge in [-0.1, -0.05) is 0 Å². The molecule has 1 aromatic heterocycles. The van der Waals surface area contributed by atoms with E-state index in [0.717, 1.165) is 10.9 Å². The van der Waals surface area contributed by atoms with Gasteiger partial charge in [0.2, 0.25) is 0 Å². The minimum absolute atomic E-state index is 0.344. The lowest BCUT2D eigenvalue weighted by atomic mass is 10.1. The van der Waals surface area contributed by atoms with Gasteiger partial charge in [-0.25, -0.2) is 4.79 Å². The van der Waals surface area contributed by atoms with Crippen molar-refractivity contribution in [2.24, 2.45) is 0 Å². The van der Waals surface area contributed by atoms with Crippen LogP contribution in [-0.4, -0.2) is 29.1 Å². The molecular weight excluding hydrogens is 302 g/mol. The molecule has 23 heavy (non-hydrogen) atoms. The molecule has 0 aliphatic heterocycles. The largest absolute Gasteiger partial charge is 0.481 e. The van der Waals surface area contributed by atoms with Crippen molar-refractivity contribution < 1.29 is 23.8 Å². The summed E-state index contributed by atoms with van der Waals surface area (Å²) in [6.07, 6.45) is -0.897. The van der Waals surface area contributed by atoms with E-state index < -0.39 is 29.6 Å². The van der Waals surface area contributed by atoms with Crippen LogP contribution in [0.2, 0.25) is 0 Å². The third kappa shape index (κ3) is 3.88. The highest BCUT2D eigenvalue weighted by molar-refractivity contribution is 5.86. The fraction of sp³-hybridized carbons (Fsp3) is 0.312. The lowest BCUT2D eigenvalue weighted by Crippen LogP contribution is -2.44. The van der Waals surface area contributed by atoms with Crippen LogP contribution in [0.15, 0.2) is 33.5 Å². The van der Waals surface area contributed by atoms with Crippen molar-refractivity contribution in [1.29, 1.82) is 0 Å². The fourth-order valence-corrected chi connectivity index (χ4v) is 2.03. The summed E-state index contributed by atoms with van der Waals surface area (Å²) >= 11 is 0. The summed E-state index contributed by atoms with van der Waals surface area (Å²) in [6, 6.07) is 5.29. The third-order valence-corrected chi connectivity index (χ3v) is 3.33. The lowest BCUT2D eigenvalue weighted by molar-refractivity contribution is -0.142. The number of ether oxygens (including phenoxy) is 1. The molecule has 0 unspecified atom stereocenters. The molecular formula is C16H17NO6. The van der Waals surface area contributed by atoms with Crippen LogP contribution in [0.1, 0.15) is 19.4 Å². The molecule has 0 aliphatic rings. The highest BCUT2D eigenvalue weighted by Crippen LogP contribution is 2.22. The van der Waals surface area contributed by atoms with Gasteiger partial charge >= 0.3 is 11.6 Å². The molecule has 1 aromatic carbocycles. The van der Waals surface area contributed by atoms with Crippen LogP contribution < -0.4 is 15.7 Å². The summed E-state index contributed by atoms with van der Waals surface area (Å²) in [4.78, 5) is 34.0. The first-order chi connectivity index (χ1) is 10.8. The van der Waals surface area contributed by atoms with E-state index in [1.807, 2.05) is 0 Å². The van der Waals surface area contributed by atoms with Crippen LogP contribution >= 0.6 is 0 Å². The molecule has 0 spiro atoms. The molecule has 2 atom stereocenters. The molecule has 2 N–H and O–H groups in total. The first-order valence-electron chi connectivity index (χ1n) is 7.02. The van der Waals surface area contributed by atoms with E-state index >= 15 is 0 Å². The summed E-state index contributed by atoms with van der Waals surface area (Å²) < 4.78 is 10.6. The van der Waals surface area contributed by atoms with Crippen molar-refractivity contribution in [2.45, 2.75) is 32.9 Å². The quantitative estimate of drug-likeness (QED) is 0.808. The molecule has 0 radical (unpaired) electrons. The standard InChI is InChI=1S/C16H17NO6/c1-8-6-14(18)23-13-7-11(4-5-12(8)13)22-10(3)15(19)17-9(2)16(20)21/h4-7,9-10H,1-3H3,(H,17,19)(H,20,21)/t9-,10-/m0/s1. The van der Waals surface area contributed by atoms with Crippen LogP contribution in [0.5, 0.6) is 5.75 Å². The first-order valence-corrected chi connectivity index (χ1v) is 7.02. The molecule has 0 aliphatic carbocycles. The molecule has 1 amide bonds. The second-order valence-electron chi connectivity index (χ2n) is 5.24. The first kappa shape index (κ1) is 16.5. The smallest absolute Gasteiger partial charge is 0.336 e. The number of carbonyl (C=O) groups is 2. The van der Waals surface area contributed by atoms with E-state index in [4.69, 9.17) is 14.3 Å². The Labute approximate surface area is 131 Å². The van der Waals surface area contributed by atoms with Crippen LogP contribution in [0.25, 0.3) is 11.0 Å². The molecule has 7 nitrogen and oxygen atoms in total. The predicted molar refractivity (Wildman–Crippen MR) is 82.6 cm³/mol. The van der Waals surface area contributed by atoms with Gasteiger partial charge in [0, 0.05) is 17.5 Å². The Kier molecular flexibility index (Phi) is 4.68. The van der Waals surface area contributed by atoms with Crippen LogP contribution in [-0.2, 0) is 9.59 Å². The van der Waals surface area contributed by atoms with Gasteiger partial charge in [0.1, 0.15) is 17.4 Å². The van der Waals surface area contributed by atoms with Crippen LogP contribution in [0.3, 0.4) is 0 Å². The van der Waals surface area contributed by atoms with E-state index in [1.54, 1.807) is 19.1 Å². The molecule has 0 fully saturated rings. The number of amides is 1. The normalized spacial score (nSPS) is 13.3. The SMILES string of the molecule is Cc1cc(=O)oc2cc(O[C@@H](C)C(=O)N[C@@H](C)C(=O)O)ccc12. The number of fused-ring (bicyclic) bond motifs is 1. The van der Waals surface area contributed by atoms with Gasteiger partial charge in [-0.15, -0.1) is 0 Å². The molecule has 0 bridgehead atoms. The maximum atomic E-state index is 11.9. The summed E-state index contributed by atoms with van der Waals surface area (Å²) in [5.41, 5.74) is 0.677. The maximum absolute atomic E-state index is 11.9. The monoisotopic (exact) mass is 319 g/mol. The van der Waals surface area contributed by atoms with E-state index in [-0.39, 0.29) is 0 Å². The molecule has 1 heterocycles. The van der Waals surface area contributed by atoms with Gasteiger partial charge in [-0.05, 0) is 38.5 Å². The molecule has 0 saturated carbocycles. The number of nitrogens with one attached hydrogen (secondary N) is 1. The lowest BCUT2D eigenvalue weighted by Gasteiger charge is -2.16. The molecule has 0 saturated heterocycles. The topological polar surface area (TPSA) is 106 Å². The van der Waals surface area contributed by atoms with Crippen molar-refractivity contribution in [1.82, 2.24) is 5.32 Å². The Balaban J connectivity index is 2.16. The zero-order chi connectivity index (χ0) is 17.1. The highest BCUT2D eigenvalue weighted by Gasteiger charge is 2.20. The minimum atomic E-state index is -1.13. The van der Waals surface area contributed by atoms with Crippen molar-refractivity contribution in [3.8, 4) is 5.75 Å². The van der Waals surface area contributed by atoms with Gasteiger partial charge in [0.15, 0.2) is 6.10 Å². The van der Waals surface area contributed by atoms with E-state index in [1.165, 1.54) is 26.0 Å². The molecule has 2 aromatic rings. The number of hydrogen-bond acceptors (Lipinski definition) is 5. The van der Waals surface area contributed by atoms with Gasteiger partial charge in [0.25, 0.3) is 5.91 Å². The zero-order valence-electron chi connectivity index (χ0n) is 13.0. The Morgan fingerprint density at radius 1 is 1.26 bits per heavy atom. The Hall–Kier alpha value is -2.83.